The van der Waals surface area contributed by atoms with Crippen molar-refractivity contribution in [1.29, 1.82) is 0 Å². The van der Waals surface area contributed by atoms with E-state index in [0.29, 0.717) is 32.2 Å². The third-order valence-electron chi connectivity index (χ3n) is 4.72. The number of nitrogens with one attached hydrogen (secondary N) is 2. The smallest absolute Gasteiger partial charge is 0.205 e. The van der Waals surface area contributed by atoms with Crippen LogP contribution < -0.4 is 14.2 Å². The van der Waals surface area contributed by atoms with E-state index in [1.165, 1.54) is 0 Å². The van der Waals surface area contributed by atoms with Crippen molar-refractivity contribution in [3.05, 3.63) is 26.6 Å². The lowest BCUT2D eigenvalue weighted by molar-refractivity contribution is 0.215. The molecule has 1 aromatic carbocycles. The van der Waals surface area contributed by atoms with E-state index in [4.69, 9.17) is 43.1 Å². The monoisotopic (exact) mass is 418 g/mol. The van der Waals surface area contributed by atoms with Crippen LogP contribution in [0.3, 0.4) is 0 Å². The first-order chi connectivity index (χ1) is 13.0. The molecule has 0 saturated heterocycles. The molecule has 0 spiro atoms. The first-order valence-electron chi connectivity index (χ1n) is 8.16. The van der Waals surface area contributed by atoms with Gasteiger partial charge >= 0.3 is 0 Å². The van der Waals surface area contributed by atoms with Gasteiger partial charge in [-0.3, -0.25) is 0 Å². The number of aromatic amines is 2. The number of H-pyrrole nitrogens is 2. The van der Waals surface area contributed by atoms with E-state index in [9.17, 15) is 0 Å². The van der Waals surface area contributed by atoms with Gasteiger partial charge < -0.3 is 28.6 Å². The number of methoxy groups -OCH3 is 2. The van der Waals surface area contributed by atoms with Crippen LogP contribution in [0.5, 0.6) is 17.2 Å². The molecule has 138 valence electrons. The van der Waals surface area contributed by atoms with E-state index in [1.807, 2.05) is 13.0 Å². The van der Waals surface area contributed by atoms with Gasteiger partial charge in [0.2, 0.25) is 5.75 Å². The fourth-order valence-corrected chi connectivity index (χ4v) is 5.58. The summed E-state index contributed by atoms with van der Waals surface area (Å²) < 4.78 is 24.4. The third kappa shape index (κ3) is 2.16. The van der Waals surface area contributed by atoms with Crippen LogP contribution in [0.15, 0.2) is 16.7 Å². The van der Waals surface area contributed by atoms with Crippen LogP contribution in [-0.4, -0.2) is 24.2 Å². The van der Waals surface area contributed by atoms with Crippen LogP contribution in [0.2, 0.25) is 0 Å². The zero-order chi connectivity index (χ0) is 18.9. The fourth-order valence-electron chi connectivity index (χ4n) is 3.67. The van der Waals surface area contributed by atoms with E-state index < -0.39 is 0 Å². The van der Waals surface area contributed by atoms with Crippen LogP contribution in [0.1, 0.15) is 17.9 Å². The van der Waals surface area contributed by atoms with Gasteiger partial charge in [-0.1, -0.05) is 12.2 Å². The summed E-state index contributed by atoms with van der Waals surface area (Å²) in [4.78, 5) is 8.21. The summed E-state index contributed by atoms with van der Waals surface area (Å²) >= 11 is 12.4. The Labute approximate surface area is 167 Å². The molecule has 0 aliphatic carbocycles. The van der Waals surface area contributed by atoms with E-state index in [-0.39, 0.29) is 6.10 Å². The minimum Gasteiger partial charge on any atom is -0.495 e. The number of benzene rings is 1. The molecule has 5 rings (SSSR count). The normalized spacial score (nSPS) is 15.4. The number of fused-ring (bicyclic) bond motifs is 6. The maximum Gasteiger partial charge on any atom is 0.205 e. The van der Waals surface area contributed by atoms with Crippen molar-refractivity contribution in [3.8, 4) is 28.4 Å². The molecule has 0 amide bonds. The summed E-state index contributed by atoms with van der Waals surface area (Å²) in [5.74, 6) is 1.80. The van der Waals surface area contributed by atoms with Gasteiger partial charge in [0.05, 0.1) is 41.7 Å². The molecule has 0 saturated carbocycles. The lowest BCUT2D eigenvalue weighted by Crippen LogP contribution is -2.11. The summed E-state index contributed by atoms with van der Waals surface area (Å²) in [7, 11) is 3.23. The molecule has 2 N–H and O–H groups in total. The van der Waals surface area contributed by atoms with Crippen molar-refractivity contribution in [1.82, 2.24) is 9.97 Å². The zero-order valence-corrected chi connectivity index (χ0v) is 17.0. The molecule has 0 bridgehead atoms. The second-order valence-electron chi connectivity index (χ2n) is 6.15. The lowest BCUT2D eigenvalue weighted by atomic mass is 9.95. The van der Waals surface area contributed by atoms with E-state index in [0.717, 1.165) is 31.6 Å². The number of thiophene rings is 1. The van der Waals surface area contributed by atoms with Gasteiger partial charge in [-0.15, -0.1) is 11.3 Å². The largest absolute Gasteiger partial charge is 0.495 e. The Morgan fingerprint density at radius 3 is 2.63 bits per heavy atom. The second-order valence-corrected chi connectivity index (χ2v) is 8.02. The average Bonchev–Trinajstić information content (AvgIpc) is 3.24. The third-order valence-corrected chi connectivity index (χ3v) is 6.49. The van der Waals surface area contributed by atoms with Crippen LogP contribution >= 0.6 is 35.8 Å². The molecule has 3 aromatic heterocycles. The Morgan fingerprint density at radius 2 is 1.89 bits per heavy atom. The molecule has 4 aromatic rings. The Balaban J connectivity index is 2.05. The minimum atomic E-state index is -0.188. The molecule has 1 unspecified atom stereocenters. The van der Waals surface area contributed by atoms with Crippen molar-refractivity contribution in [2.75, 3.05) is 14.2 Å². The van der Waals surface area contributed by atoms with Gasteiger partial charge in [-0.2, -0.15) is 0 Å². The Hall–Kier alpha value is -2.36. The van der Waals surface area contributed by atoms with Gasteiger partial charge in [0.25, 0.3) is 0 Å². The number of hydrogen-bond donors (Lipinski definition) is 2. The molecule has 1 aliphatic heterocycles. The highest BCUT2D eigenvalue weighted by Gasteiger charge is 2.36. The van der Waals surface area contributed by atoms with Crippen LogP contribution in [0.4, 0.5) is 0 Å². The van der Waals surface area contributed by atoms with Crippen LogP contribution in [-0.2, 0) is 0 Å². The van der Waals surface area contributed by atoms with Gasteiger partial charge in [0.15, 0.2) is 16.1 Å². The van der Waals surface area contributed by atoms with E-state index in [2.05, 4.69) is 9.97 Å². The fraction of sp³-hybridized carbons (Fsp3) is 0.222. The molecule has 1 aliphatic rings. The summed E-state index contributed by atoms with van der Waals surface area (Å²) in [5, 5.41) is 1.72. The minimum absolute atomic E-state index is 0.188. The summed E-state index contributed by atoms with van der Waals surface area (Å²) in [6.45, 7) is 2.00. The Morgan fingerprint density at radius 1 is 1.11 bits per heavy atom. The van der Waals surface area contributed by atoms with Crippen molar-refractivity contribution in [3.63, 3.8) is 0 Å². The lowest BCUT2D eigenvalue weighted by Gasteiger charge is -2.27. The van der Waals surface area contributed by atoms with E-state index >= 15 is 0 Å². The SMILES string of the molecule is COc1c2c(c(OC)c3occc13)OC(C)c1sc3[nH]c(=S)[nH]c(=S)c3c1-2. The summed E-state index contributed by atoms with van der Waals surface area (Å²) in [5.41, 5.74) is 2.38. The van der Waals surface area contributed by atoms with Gasteiger partial charge in [0.1, 0.15) is 21.3 Å². The highest BCUT2D eigenvalue weighted by molar-refractivity contribution is 7.72. The summed E-state index contributed by atoms with van der Waals surface area (Å²) in [6, 6.07) is 1.86. The number of hydrogen-bond acceptors (Lipinski definition) is 7. The number of ether oxygens (including phenoxy) is 3. The van der Waals surface area contributed by atoms with E-state index in [1.54, 1.807) is 31.8 Å². The van der Waals surface area contributed by atoms with Crippen molar-refractivity contribution in [2.45, 2.75) is 13.0 Å². The number of aromatic nitrogens is 2. The molecule has 9 heteroatoms. The van der Waals surface area contributed by atoms with Gasteiger partial charge in [-0.25, -0.2) is 0 Å². The first-order valence-corrected chi connectivity index (χ1v) is 9.79. The highest BCUT2D eigenvalue weighted by atomic mass is 32.1. The zero-order valence-electron chi connectivity index (χ0n) is 14.6. The Bertz CT molecular complexity index is 1340. The maximum absolute atomic E-state index is 6.26. The molecular formula is C18H14N2O4S3. The Kier molecular flexibility index (Phi) is 3.62. The van der Waals surface area contributed by atoms with Gasteiger partial charge in [0, 0.05) is 5.56 Å². The molecule has 0 radical (unpaired) electrons. The summed E-state index contributed by atoms with van der Waals surface area (Å²) in [6.07, 6.45) is 1.42. The topological polar surface area (TPSA) is 72.4 Å². The highest BCUT2D eigenvalue weighted by Crippen LogP contribution is 2.59. The second kappa shape index (κ2) is 5.82. The predicted molar refractivity (Wildman–Crippen MR) is 110 cm³/mol. The maximum atomic E-state index is 6.26. The van der Waals surface area contributed by atoms with Gasteiger partial charge in [-0.05, 0) is 25.2 Å². The molecule has 27 heavy (non-hydrogen) atoms. The average molecular weight is 419 g/mol. The van der Waals surface area contributed by atoms with Crippen LogP contribution in [0.25, 0.3) is 32.3 Å². The quantitative estimate of drug-likeness (QED) is 0.395. The van der Waals surface area contributed by atoms with Crippen molar-refractivity contribution in [2.24, 2.45) is 0 Å². The first kappa shape index (κ1) is 16.8. The van der Waals surface area contributed by atoms with Crippen LogP contribution in [0, 0.1) is 9.41 Å². The molecule has 0 fully saturated rings. The number of rotatable bonds is 2. The molecule has 4 heterocycles. The number of furan rings is 1. The van der Waals surface area contributed by atoms with Crippen molar-refractivity contribution < 1.29 is 18.6 Å². The predicted octanol–water partition coefficient (Wildman–Crippen LogP) is 5.90. The molecular weight excluding hydrogens is 404 g/mol. The van der Waals surface area contributed by atoms with Crippen molar-refractivity contribution >= 4 is 57.0 Å². The molecule has 1 atom stereocenters. The molecule has 6 nitrogen and oxygen atoms in total. The standard InChI is InChI=1S/C18H14N2O4S3/c1-6-15-8(10-16(25)19-18(26)20-17(10)27-15)9-11(21-2)7-4-5-23-12(7)14(22-3)13(9)24-6/h4-6H,1-3H3,(H2,19,20,25,26).